The quantitative estimate of drug-likeness (QED) is 0.481. The molecular weight excluding hydrogens is 203 g/mol. The van der Waals surface area contributed by atoms with Crippen LogP contribution in [0.5, 0.6) is 0 Å². The molecule has 1 unspecified atom stereocenters. The number of hydrogen-bond donors (Lipinski definition) is 0. The molecule has 0 saturated carbocycles. The summed E-state index contributed by atoms with van der Waals surface area (Å²) in [7, 11) is 0. The number of carbonyl (C=O) groups excluding carboxylic acids is 2. The van der Waals surface area contributed by atoms with Crippen LogP contribution in [-0.4, -0.2) is 27.8 Å². The van der Waals surface area contributed by atoms with Crippen LogP contribution < -0.4 is 0 Å². The molecule has 1 aliphatic rings. The Morgan fingerprint density at radius 2 is 2.08 bits per heavy atom. The number of halogens is 2. The molecule has 0 aromatic heterocycles. The Balaban J connectivity index is 2.85. The zero-order valence-electron chi connectivity index (χ0n) is 5.78. The highest BCUT2D eigenvalue weighted by Gasteiger charge is 2.25. The predicted molar refractivity (Wildman–Crippen MR) is 45.4 cm³/mol. The Hall–Kier alpha value is -0.870. The summed E-state index contributed by atoms with van der Waals surface area (Å²) in [6.45, 7) is 0. The second-order valence-corrected chi connectivity index (χ2v) is 2.70. The molecule has 12 heavy (non-hydrogen) atoms. The van der Waals surface area contributed by atoms with E-state index >= 15 is 0 Å². The van der Waals surface area contributed by atoms with Gasteiger partial charge in [0.25, 0.3) is 0 Å². The van der Waals surface area contributed by atoms with Crippen LogP contribution in [0.25, 0.3) is 0 Å². The van der Waals surface area contributed by atoms with Gasteiger partial charge in [0.15, 0.2) is 0 Å². The zero-order chi connectivity index (χ0) is 9.14. The van der Waals surface area contributed by atoms with Crippen LogP contribution >= 0.6 is 23.2 Å². The van der Waals surface area contributed by atoms with Gasteiger partial charge < -0.3 is 0 Å². The van der Waals surface area contributed by atoms with E-state index in [1.54, 1.807) is 0 Å². The van der Waals surface area contributed by atoms with Gasteiger partial charge in [0.2, 0.25) is 5.24 Å². The first-order chi connectivity index (χ1) is 5.63. The molecule has 1 heterocycles. The van der Waals surface area contributed by atoms with Crippen LogP contribution in [0, 0.1) is 0 Å². The molecular formula is C6H4Cl2N2O2. The summed E-state index contributed by atoms with van der Waals surface area (Å²) in [5.41, 5.74) is 0. The van der Waals surface area contributed by atoms with Gasteiger partial charge in [-0.25, -0.2) is 0 Å². The molecule has 1 amide bonds. The van der Waals surface area contributed by atoms with Gasteiger partial charge in [-0.05, 0) is 23.2 Å². The topological polar surface area (TPSA) is 49.7 Å². The molecule has 0 radical (unpaired) electrons. The van der Waals surface area contributed by atoms with E-state index in [1.165, 1.54) is 18.6 Å². The lowest BCUT2D eigenvalue weighted by molar-refractivity contribution is -0.113. The second-order valence-electron chi connectivity index (χ2n) is 2.01. The molecule has 0 aliphatic carbocycles. The highest BCUT2D eigenvalue weighted by atomic mass is 35.5. The normalized spacial score (nSPS) is 21.2. The summed E-state index contributed by atoms with van der Waals surface area (Å²) in [6, 6.07) is -0.887. The maximum atomic E-state index is 10.7. The first-order valence-electron chi connectivity index (χ1n) is 3.00. The Bertz CT molecular complexity index is 247. The first kappa shape index (κ1) is 9.22. The molecule has 1 rings (SSSR count). The Kier molecular flexibility index (Phi) is 2.83. The lowest BCUT2D eigenvalue weighted by atomic mass is 10.3. The third-order valence-electron chi connectivity index (χ3n) is 1.28. The number of carbonyl (C=O) groups is 2. The summed E-state index contributed by atoms with van der Waals surface area (Å²) in [5.74, 6) is 0. The first-order valence-corrected chi connectivity index (χ1v) is 3.75. The van der Waals surface area contributed by atoms with Gasteiger partial charge >= 0.3 is 5.37 Å². The minimum absolute atomic E-state index is 0.697. The smallest absolute Gasteiger partial charge is 0.287 e. The molecule has 0 fully saturated rings. The molecule has 0 aromatic rings. The van der Waals surface area contributed by atoms with Crippen molar-refractivity contribution in [2.75, 3.05) is 0 Å². The molecule has 0 saturated heterocycles. The largest absolute Gasteiger partial charge is 0.321 e. The van der Waals surface area contributed by atoms with Gasteiger partial charge in [0, 0.05) is 18.6 Å². The van der Waals surface area contributed by atoms with Crippen molar-refractivity contribution in [1.29, 1.82) is 0 Å². The van der Waals surface area contributed by atoms with Crippen LogP contribution in [0.4, 0.5) is 4.79 Å². The van der Waals surface area contributed by atoms with Crippen LogP contribution in [0.1, 0.15) is 0 Å². The van der Waals surface area contributed by atoms with Crippen LogP contribution in [0.2, 0.25) is 0 Å². The van der Waals surface area contributed by atoms with E-state index in [0.717, 1.165) is 4.90 Å². The minimum Gasteiger partial charge on any atom is -0.287 e. The van der Waals surface area contributed by atoms with Crippen LogP contribution in [0.3, 0.4) is 0 Å². The van der Waals surface area contributed by atoms with E-state index in [0.29, 0.717) is 0 Å². The van der Waals surface area contributed by atoms with Crippen LogP contribution in [-0.2, 0) is 4.79 Å². The van der Waals surface area contributed by atoms with Crippen molar-refractivity contribution >= 4 is 40.0 Å². The minimum atomic E-state index is -0.887. The van der Waals surface area contributed by atoms with E-state index < -0.39 is 16.7 Å². The van der Waals surface area contributed by atoms with Crippen molar-refractivity contribution in [3.8, 4) is 0 Å². The fraction of sp³-hybridized carbons (Fsp3) is 0.167. The highest BCUT2D eigenvalue weighted by molar-refractivity contribution is 6.68. The Morgan fingerprint density at radius 1 is 1.42 bits per heavy atom. The van der Waals surface area contributed by atoms with Gasteiger partial charge in [0.1, 0.15) is 6.04 Å². The summed E-state index contributed by atoms with van der Waals surface area (Å²) in [6.07, 6.45) is 3.88. The number of nitrogens with zero attached hydrogens (tertiary/aromatic N) is 2. The van der Waals surface area contributed by atoms with Gasteiger partial charge in [-0.3, -0.25) is 19.5 Å². The zero-order valence-corrected chi connectivity index (χ0v) is 7.29. The maximum Gasteiger partial charge on any atom is 0.321 e. The summed E-state index contributed by atoms with van der Waals surface area (Å²) in [4.78, 5) is 26.0. The van der Waals surface area contributed by atoms with E-state index in [4.69, 9.17) is 23.2 Å². The number of aliphatic imine (C=N–C) groups is 1. The maximum absolute atomic E-state index is 10.7. The number of amides is 1. The summed E-state index contributed by atoms with van der Waals surface area (Å²) >= 11 is 10.3. The summed E-state index contributed by atoms with van der Waals surface area (Å²) in [5, 5.41) is -1.46. The second kappa shape index (κ2) is 3.69. The molecule has 0 spiro atoms. The predicted octanol–water partition coefficient (Wildman–Crippen LogP) is 1.34. The lowest BCUT2D eigenvalue weighted by Gasteiger charge is -2.21. The molecule has 6 heteroatoms. The standard InChI is InChI=1S/C6H4Cl2N2O2/c7-5(11)4-3-9-1-2-10(4)6(8)12/h1-4H. The number of hydrogen-bond acceptors (Lipinski definition) is 3. The van der Waals surface area contributed by atoms with E-state index in [-0.39, 0.29) is 0 Å². The Morgan fingerprint density at radius 3 is 2.50 bits per heavy atom. The monoisotopic (exact) mass is 206 g/mol. The molecule has 0 N–H and O–H groups in total. The average Bonchev–Trinajstić information content (AvgIpc) is 2.04. The highest BCUT2D eigenvalue weighted by Crippen LogP contribution is 2.10. The molecule has 0 aromatic carbocycles. The lowest BCUT2D eigenvalue weighted by Crippen LogP contribution is -2.39. The average molecular weight is 207 g/mol. The van der Waals surface area contributed by atoms with Crippen molar-refractivity contribution < 1.29 is 9.59 Å². The van der Waals surface area contributed by atoms with E-state index in [1.807, 2.05) is 0 Å². The van der Waals surface area contributed by atoms with Crippen molar-refractivity contribution in [3.63, 3.8) is 0 Å². The van der Waals surface area contributed by atoms with Gasteiger partial charge in [0.05, 0.1) is 0 Å². The third kappa shape index (κ3) is 1.84. The van der Waals surface area contributed by atoms with Crippen molar-refractivity contribution in [2.24, 2.45) is 4.99 Å². The Labute approximate surface area is 78.5 Å². The van der Waals surface area contributed by atoms with E-state index in [9.17, 15) is 9.59 Å². The van der Waals surface area contributed by atoms with Gasteiger partial charge in [-0.1, -0.05) is 0 Å². The summed E-state index contributed by atoms with van der Waals surface area (Å²) < 4.78 is 0. The van der Waals surface area contributed by atoms with Gasteiger partial charge in [-0.15, -0.1) is 0 Å². The molecule has 0 bridgehead atoms. The fourth-order valence-corrected chi connectivity index (χ4v) is 1.06. The van der Waals surface area contributed by atoms with Crippen molar-refractivity contribution in [2.45, 2.75) is 6.04 Å². The van der Waals surface area contributed by atoms with Crippen molar-refractivity contribution in [1.82, 2.24) is 4.90 Å². The van der Waals surface area contributed by atoms with E-state index in [2.05, 4.69) is 4.99 Å². The van der Waals surface area contributed by atoms with Gasteiger partial charge in [-0.2, -0.15) is 0 Å². The third-order valence-corrected chi connectivity index (χ3v) is 1.69. The molecule has 64 valence electrons. The number of rotatable bonds is 1. The molecule has 1 atom stereocenters. The fourth-order valence-electron chi connectivity index (χ4n) is 0.742. The molecule has 4 nitrogen and oxygen atoms in total. The van der Waals surface area contributed by atoms with Crippen molar-refractivity contribution in [3.05, 3.63) is 12.4 Å². The SMILES string of the molecule is O=C(Cl)C1C=NC=CN1C(=O)Cl. The molecule has 1 aliphatic heterocycles. The van der Waals surface area contributed by atoms with Crippen LogP contribution in [0.15, 0.2) is 17.4 Å².